The fourth-order valence-corrected chi connectivity index (χ4v) is 2.30. The van der Waals surface area contributed by atoms with Crippen LogP contribution >= 0.6 is 15.9 Å². The van der Waals surface area contributed by atoms with Gasteiger partial charge in [0.2, 0.25) is 5.56 Å². The molecule has 1 heterocycles. The summed E-state index contributed by atoms with van der Waals surface area (Å²) in [4.78, 5) is 24.9. The average Bonchev–Trinajstić information content (AvgIpc) is 2.18. The van der Waals surface area contributed by atoms with Crippen LogP contribution in [0.25, 0.3) is 10.9 Å². The predicted molar refractivity (Wildman–Crippen MR) is 64.0 cm³/mol. The minimum Gasteiger partial charge on any atom is -0.478 e. The lowest BCUT2D eigenvalue weighted by molar-refractivity contribution is 0.0699. The molecule has 0 aliphatic carbocycles. The molecule has 4 nitrogen and oxygen atoms in total. The molecular weight excluding hydrogens is 274 g/mol. The first kappa shape index (κ1) is 10.9. The minimum absolute atomic E-state index is 0.0168. The molecule has 2 N–H and O–H groups in total. The average molecular weight is 282 g/mol. The van der Waals surface area contributed by atoms with E-state index in [1.54, 1.807) is 6.07 Å². The van der Waals surface area contributed by atoms with Gasteiger partial charge in [-0.15, -0.1) is 0 Å². The summed E-state index contributed by atoms with van der Waals surface area (Å²) in [7, 11) is 0. The summed E-state index contributed by atoms with van der Waals surface area (Å²) in [5.74, 6) is -1.10. The Bertz CT molecular complexity index is 645. The zero-order chi connectivity index (χ0) is 11.9. The second-order valence-electron chi connectivity index (χ2n) is 3.52. The van der Waals surface area contributed by atoms with Crippen LogP contribution in [-0.4, -0.2) is 16.1 Å². The summed E-state index contributed by atoms with van der Waals surface area (Å²) in [5.41, 5.74) is 1.03. The molecule has 82 valence electrons. The molecule has 0 bridgehead atoms. The number of aromatic amines is 1. The van der Waals surface area contributed by atoms with Gasteiger partial charge in [0.05, 0.1) is 11.1 Å². The molecule has 0 spiro atoms. The Labute approximate surface area is 99.0 Å². The zero-order valence-corrected chi connectivity index (χ0v) is 9.96. The number of halogens is 1. The van der Waals surface area contributed by atoms with E-state index in [1.165, 1.54) is 0 Å². The molecule has 0 unspecified atom stereocenters. The highest BCUT2D eigenvalue weighted by Gasteiger charge is 2.12. The number of carbonyl (C=O) groups is 1. The third kappa shape index (κ3) is 1.74. The molecule has 0 fully saturated rings. The van der Waals surface area contributed by atoms with Crippen molar-refractivity contribution in [2.75, 3.05) is 0 Å². The van der Waals surface area contributed by atoms with Crippen LogP contribution in [0, 0.1) is 6.92 Å². The maximum absolute atomic E-state index is 11.3. The number of carboxylic acids is 1. The van der Waals surface area contributed by atoms with Crippen molar-refractivity contribution in [1.29, 1.82) is 0 Å². The van der Waals surface area contributed by atoms with Crippen LogP contribution < -0.4 is 5.56 Å². The molecule has 1 aromatic carbocycles. The molecule has 2 aromatic rings. The summed E-state index contributed by atoms with van der Waals surface area (Å²) in [6.45, 7) is 1.86. The van der Waals surface area contributed by atoms with Crippen molar-refractivity contribution in [2.24, 2.45) is 0 Å². The fourth-order valence-electron chi connectivity index (χ4n) is 1.63. The van der Waals surface area contributed by atoms with E-state index in [2.05, 4.69) is 20.9 Å². The van der Waals surface area contributed by atoms with E-state index in [-0.39, 0.29) is 5.56 Å². The highest BCUT2D eigenvalue weighted by molar-refractivity contribution is 9.10. The summed E-state index contributed by atoms with van der Waals surface area (Å²) in [6.07, 6.45) is 0. The molecule has 0 radical (unpaired) electrons. The quantitative estimate of drug-likeness (QED) is 0.843. The lowest BCUT2D eigenvalue weighted by atomic mass is 10.1. The smallest absolute Gasteiger partial charge is 0.336 e. The van der Waals surface area contributed by atoms with Crippen LogP contribution in [0.2, 0.25) is 0 Å². The maximum atomic E-state index is 11.3. The Morgan fingerprint density at radius 2 is 2.06 bits per heavy atom. The Morgan fingerprint density at radius 1 is 1.38 bits per heavy atom. The summed E-state index contributed by atoms with van der Waals surface area (Å²) >= 11 is 3.30. The van der Waals surface area contributed by atoms with Crippen molar-refractivity contribution >= 4 is 32.8 Å². The maximum Gasteiger partial charge on any atom is 0.336 e. The standard InChI is InChI=1S/C11H8BrNO3/c1-5-2-6-7(11(15)16)4-9(14)13-10(6)8(12)3-5/h2-4H,1H3,(H,13,14)(H,15,16). The van der Waals surface area contributed by atoms with Gasteiger partial charge in [0.25, 0.3) is 0 Å². The predicted octanol–water partition coefficient (Wildman–Crippen LogP) is 2.30. The minimum atomic E-state index is -1.10. The van der Waals surface area contributed by atoms with Crippen LogP contribution in [0.15, 0.2) is 27.5 Å². The largest absolute Gasteiger partial charge is 0.478 e. The SMILES string of the molecule is Cc1cc(Br)c2[nH]c(=O)cc(C(=O)O)c2c1. The van der Waals surface area contributed by atoms with E-state index >= 15 is 0 Å². The van der Waals surface area contributed by atoms with E-state index < -0.39 is 11.5 Å². The molecule has 0 saturated heterocycles. The number of carboxylic acid groups (broad SMARTS) is 1. The first-order valence-corrected chi connectivity index (χ1v) is 5.35. The van der Waals surface area contributed by atoms with E-state index in [0.29, 0.717) is 15.4 Å². The molecule has 5 heteroatoms. The molecule has 16 heavy (non-hydrogen) atoms. The van der Waals surface area contributed by atoms with Gasteiger partial charge in [-0.1, -0.05) is 0 Å². The fraction of sp³-hybridized carbons (Fsp3) is 0.0909. The lowest BCUT2D eigenvalue weighted by Crippen LogP contribution is -2.10. The Balaban J connectivity index is 3.01. The van der Waals surface area contributed by atoms with E-state index in [9.17, 15) is 9.59 Å². The number of aromatic nitrogens is 1. The monoisotopic (exact) mass is 281 g/mol. The van der Waals surface area contributed by atoms with Crippen molar-refractivity contribution in [3.63, 3.8) is 0 Å². The Kier molecular flexibility index (Phi) is 2.55. The second kappa shape index (κ2) is 3.75. The number of H-pyrrole nitrogens is 1. The molecular formula is C11H8BrNO3. The van der Waals surface area contributed by atoms with Gasteiger partial charge in [0, 0.05) is 15.9 Å². The van der Waals surface area contributed by atoms with Gasteiger partial charge in [0.15, 0.2) is 0 Å². The molecule has 0 amide bonds. The van der Waals surface area contributed by atoms with Crippen LogP contribution in [0.1, 0.15) is 15.9 Å². The van der Waals surface area contributed by atoms with Crippen LogP contribution in [0.5, 0.6) is 0 Å². The number of pyridine rings is 1. The van der Waals surface area contributed by atoms with E-state index in [1.807, 2.05) is 13.0 Å². The van der Waals surface area contributed by atoms with Crippen LogP contribution in [0.4, 0.5) is 0 Å². The van der Waals surface area contributed by atoms with Gasteiger partial charge < -0.3 is 10.1 Å². The normalized spacial score (nSPS) is 10.6. The number of rotatable bonds is 1. The van der Waals surface area contributed by atoms with Crippen molar-refractivity contribution in [3.8, 4) is 0 Å². The van der Waals surface area contributed by atoms with E-state index in [0.717, 1.165) is 11.6 Å². The topological polar surface area (TPSA) is 70.2 Å². The number of aromatic carboxylic acids is 1. The lowest BCUT2D eigenvalue weighted by Gasteiger charge is -2.05. The first-order chi connectivity index (χ1) is 7.49. The third-order valence-electron chi connectivity index (χ3n) is 2.28. The van der Waals surface area contributed by atoms with Crippen molar-refractivity contribution in [2.45, 2.75) is 6.92 Å². The number of aryl methyl sites for hydroxylation is 1. The molecule has 0 aliphatic heterocycles. The van der Waals surface area contributed by atoms with Gasteiger partial charge in [-0.05, 0) is 40.5 Å². The third-order valence-corrected chi connectivity index (χ3v) is 2.90. The van der Waals surface area contributed by atoms with Gasteiger partial charge >= 0.3 is 5.97 Å². The van der Waals surface area contributed by atoms with Crippen molar-refractivity contribution < 1.29 is 9.90 Å². The Hall–Kier alpha value is -1.62. The summed E-state index contributed by atoms with van der Waals surface area (Å²) in [5, 5.41) is 9.55. The van der Waals surface area contributed by atoms with Gasteiger partial charge in [-0.25, -0.2) is 4.79 Å². The van der Waals surface area contributed by atoms with Crippen molar-refractivity contribution in [1.82, 2.24) is 4.98 Å². The van der Waals surface area contributed by atoms with Crippen molar-refractivity contribution in [3.05, 3.63) is 44.2 Å². The number of hydrogen-bond acceptors (Lipinski definition) is 2. The number of nitrogens with one attached hydrogen (secondary N) is 1. The summed E-state index contributed by atoms with van der Waals surface area (Å²) in [6, 6.07) is 4.65. The second-order valence-corrected chi connectivity index (χ2v) is 4.38. The molecule has 0 aliphatic rings. The number of benzene rings is 1. The first-order valence-electron chi connectivity index (χ1n) is 4.55. The zero-order valence-electron chi connectivity index (χ0n) is 8.37. The molecule has 0 saturated carbocycles. The highest BCUT2D eigenvalue weighted by atomic mass is 79.9. The van der Waals surface area contributed by atoms with E-state index in [4.69, 9.17) is 5.11 Å². The molecule has 2 rings (SSSR count). The molecule has 0 atom stereocenters. The number of hydrogen-bond donors (Lipinski definition) is 2. The highest BCUT2D eigenvalue weighted by Crippen LogP contribution is 2.25. The summed E-state index contributed by atoms with van der Waals surface area (Å²) < 4.78 is 0.683. The number of fused-ring (bicyclic) bond motifs is 1. The van der Waals surface area contributed by atoms with Gasteiger partial charge in [0.1, 0.15) is 0 Å². The molecule has 1 aromatic heterocycles. The van der Waals surface area contributed by atoms with Gasteiger partial charge in [-0.2, -0.15) is 0 Å². The van der Waals surface area contributed by atoms with Gasteiger partial charge in [-0.3, -0.25) is 4.79 Å². The van der Waals surface area contributed by atoms with Crippen LogP contribution in [-0.2, 0) is 0 Å². The van der Waals surface area contributed by atoms with Crippen LogP contribution in [0.3, 0.4) is 0 Å². The Morgan fingerprint density at radius 3 is 2.69 bits per heavy atom.